The van der Waals surface area contributed by atoms with Crippen LogP contribution < -0.4 is 10.1 Å². The number of benzene rings is 2. The first-order valence-electron chi connectivity index (χ1n) is 6.59. The summed E-state index contributed by atoms with van der Waals surface area (Å²) >= 11 is 0. The molecule has 2 aromatic carbocycles. The van der Waals surface area contributed by atoms with E-state index in [-0.39, 0.29) is 17.7 Å². The van der Waals surface area contributed by atoms with Crippen molar-refractivity contribution in [3.05, 3.63) is 52.8 Å². The van der Waals surface area contributed by atoms with Crippen LogP contribution in [-0.4, -0.2) is 26.5 Å². The van der Waals surface area contributed by atoms with Crippen molar-refractivity contribution in [1.29, 1.82) is 0 Å². The predicted molar refractivity (Wildman–Crippen MR) is 79.3 cm³/mol. The van der Waals surface area contributed by atoms with Crippen LogP contribution in [0.1, 0.15) is 20.7 Å². The molecule has 8 heteroatoms. The second kappa shape index (κ2) is 7.03. The van der Waals surface area contributed by atoms with Gasteiger partial charge in [-0.15, -0.1) is 0 Å². The lowest BCUT2D eigenvalue weighted by Gasteiger charge is -2.14. The van der Waals surface area contributed by atoms with Crippen molar-refractivity contribution in [2.45, 2.75) is 0 Å². The Morgan fingerprint density at radius 1 is 1.12 bits per heavy atom. The average Bonchev–Trinajstić information content (AvgIpc) is 2.59. The summed E-state index contributed by atoms with van der Waals surface area (Å²) in [7, 11) is 2.37. The predicted octanol–water partition coefficient (Wildman–Crippen LogP) is 3.46. The number of halogens is 3. The van der Waals surface area contributed by atoms with Crippen LogP contribution in [0.25, 0.3) is 0 Å². The highest BCUT2D eigenvalue weighted by atomic mass is 19.2. The highest BCUT2D eigenvalue weighted by Gasteiger charge is 2.24. The molecule has 0 heterocycles. The Morgan fingerprint density at radius 3 is 2.38 bits per heavy atom. The minimum Gasteiger partial charge on any atom is -0.497 e. The SMILES string of the molecule is COC(=O)c1cc(C=O)c(F)c(F)c1Nc1ccc(OC)cc1F. The number of aldehydes is 1. The maximum absolute atomic E-state index is 14.2. The zero-order valence-corrected chi connectivity index (χ0v) is 12.7. The van der Waals surface area contributed by atoms with Crippen molar-refractivity contribution in [2.24, 2.45) is 0 Å². The van der Waals surface area contributed by atoms with Crippen LogP contribution in [0.2, 0.25) is 0 Å². The fourth-order valence-electron chi connectivity index (χ4n) is 1.98. The summed E-state index contributed by atoms with van der Waals surface area (Å²) in [6.45, 7) is 0. The van der Waals surface area contributed by atoms with Gasteiger partial charge in [0, 0.05) is 6.07 Å². The Bertz CT molecular complexity index is 808. The van der Waals surface area contributed by atoms with Gasteiger partial charge in [-0.3, -0.25) is 4.79 Å². The summed E-state index contributed by atoms with van der Waals surface area (Å²) in [5.74, 6) is -4.59. The molecule has 2 rings (SSSR count). The van der Waals surface area contributed by atoms with Crippen LogP contribution in [0.3, 0.4) is 0 Å². The second-order valence-electron chi connectivity index (χ2n) is 4.60. The van der Waals surface area contributed by atoms with E-state index in [4.69, 9.17) is 4.74 Å². The van der Waals surface area contributed by atoms with E-state index < -0.39 is 40.2 Å². The van der Waals surface area contributed by atoms with E-state index in [9.17, 15) is 22.8 Å². The third-order valence-electron chi connectivity index (χ3n) is 3.20. The van der Waals surface area contributed by atoms with Gasteiger partial charge in [0.05, 0.1) is 36.7 Å². The molecule has 0 aliphatic carbocycles. The van der Waals surface area contributed by atoms with E-state index in [2.05, 4.69) is 10.1 Å². The molecule has 0 aliphatic rings. The van der Waals surface area contributed by atoms with E-state index in [0.29, 0.717) is 0 Å². The maximum atomic E-state index is 14.2. The number of hydrogen-bond donors (Lipinski definition) is 1. The minimum absolute atomic E-state index is 0.0581. The van der Waals surface area contributed by atoms with Gasteiger partial charge in [-0.25, -0.2) is 18.0 Å². The van der Waals surface area contributed by atoms with Crippen LogP contribution in [0.4, 0.5) is 24.5 Å². The number of rotatable bonds is 5. The van der Waals surface area contributed by atoms with Gasteiger partial charge in [-0.05, 0) is 18.2 Å². The summed E-state index contributed by atoms with van der Waals surface area (Å²) in [5.41, 5.74) is -1.98. The summed E-state index contributed by atoms with van der Waals surface area (Å²) in [5, 5.41) is 2.31. The molecule has 0 fully saturated rings. The molecule has 0 radical (unpaired) electrons. The van der Waals surface area contributed by atoms with Gasteiger partial charge in [0.1, 0.15) is 11.6 Å². The smallest absolute Gasteiger partial charge is 0.340 e. The number of hydrogen-bond acceptors (Lipinski definition) is 5. The number of anilines is 2. The lowest BCUT2D eigenvalue weighted by molar-refractivity contribution is 0.0601. The maximum Gasteiger partial charge on any atom is 0.340 e. The molecule has 0 saturated carbocycles. The van der Waals surface area contributed by atoms with Crippen LogP contribution in [0.5, 0.6) is 5.75 Å². The Morgan fingerprint density at radius 2 is 1.83 bits per heavy atom. The van der Waals surface area contributed by atoms with Gasteiger partial charge >= 0.3 is 5.97 Å². The number of ether oxygens (including phenoxy) is 2. The monoisotopic (exact) mass is 339 g/mol. The highest BCUT2D eigenvalue weighted by molar-refractivity contribution is 5.98. The molecule has 2 aromatic rings. The molecule has 0 aromatic heterocycles. The van der Waals surface area contributed by atoms with Gasteiger partial charge in [0.15, 0.2) is 17.9 Å². The van der Waals surface area contributed by atoms with Crippen molar-refractivity contribution in [3.63, 3.8) is 0 Å². The van der Waals surface area contributed by atoms with E-state index in [0.717, 1.165) is 19.2 Å². The fraction of sp³-hybridized carbons (Fsp3) is 0.125. The van der Waals surface area contributed by atoms with Crippen LogP contribution in [0.15, 0.2) is 24.3 Å². The first-order chi connectivity index (χ1) is 11.4. The van der Waals surface area contributed by atoms with Crippen molar-refractivity contribution < 1.29 is 32.2 Å². The fourth-order valence-corrected chi connectivity index (χ4v) is 1.98. The topological polar surface area (TPSA) is 64.6 Å². The molecule has 0 atom stereocenters. The summed E-state index contributed by atoms with van der Waals surface area (Å²) in [6, 6.07) is 4.45. The quantitative estimate of drug-likeness (QED) is 0.668. The van der Waals surface area contributed by atoms with Gasteiger partial charge in [0.2, 0.25) is 0 Å². The lowest BCUT2D eigenvalue weighted by atomic mass is 10.1. The number of carbonyl (C=O) groups is 2. The van der Waals surface area contributed by atoms with Crippen molar-refractivity contribution >= 4 is 23.6 Å². The summed E-state index contributed by atoms with van der Waals surface area (Å²) in [4.78, 5) is 22.5. The number of carbonyl (C=O) groups excluding carboxylic acids is 2. The molecule has 126 valence electrons. The van der Waals surface area contributed by atoms with Crippen LogP contribution in [0, 0.1) is 17.5 Å². The zero-order valence-electron chi connectivity index (χ0n) is 12.7. The zero-order chi connectivity index (χ0) is 17.9. The first kappa shape index (κ1) is 17.3. The molecule has 5 nitrogen and oxygen atoms in total. The first-order valence-corrected chi connectivity index (χ1v) is 6.59. The number of nitrogens with one attached hydrogen (secondary N) is 1. The lowest BCUT2D eigenvalue weighted by Crippen LogP contribution is -2.11. The summed E-state index contributed by atoms with van der Waals surface area (Å²) < 4.78 is 51.3. The Hall–Kier alpha value is -3.03. The van der Waals surface area contributed by atoms with Crippen LogP contribution in [-0.2, 0) is 4.74 Å². The highest BCUT2D eigenvalue weighted by Crippen LogP contribution is 2.31. The molecular formula is C16H12F3NO4. The number of esters is 1. The Labute approximate surface area is 135 Å². The van der Waals surface area contributed by atoms with Crippen molar-refractivity contribution in [2.75, 3.05) is 19.5 Å². The molecule has 0 aliphatic heterocycles. The normalized spacial score (nSPS) is 10.2. The average molecular weight is 339 g/mol. The van der Waals surface area contributed by atoms with Gasteiger partial charge < -0.3 is 14.8 Å². The Kier molecular flexibility index (Phi) is 5.08. The molecule has 0 unspecified atom stereocenters. The van der Waals surface area contributed by atoms with Gasteiger partial charge in [-0.2, -0.15) is 0 Å². The molecule has 0 saturated heterocycles. The molecule has 1 N–H and O–H groups in total. The third-order valence-corrected chi connectivity index (χ3v) is 3.20. The molecule has 0 amide bonds. The molecular weight excluding hydrogens is 327 g/mol. The van der Waals surface area contributed by atoms with Gasteiger partial charge in [-0.1, -0.05) is 0 Å². The largest absolute Gasteiger partial charge is 0.497 e. The molecule has 24 heavy (non-hydrogen) atoms. The van der Waals surface area contributed by atoms with Gasteiger partial charge in [0.25, 0.3) is 0 Å². The summed E-state index contributed by atoms with van der Waals surface area (Å²) in [6.07, 6.45) is 0.0581. The third kappa shape index (κ3) is 3.17. The van der Waals surface area contributed by atoms with Crippen LogP contribution >= 0.6 is 0 Å². The van der Waals surface area contributed by atoms with Crippen molar-refractivity contribution in [3.8, 4) is 5.75 Å². The van der Waals surface area contributed by atoms with E-state index in [1.165, 1.54) is 19.2 Å². The Balaban J connectivity index is 2.58. The number of methoxy groups -OCH3 is 2. The second-order valence-corrected chi connectivity index (χ2v) is 4.60. The van der Waals surface area contributed by atoms with Crippen molar-refractivity contribution in [1.82, 2.24) is 0 Å². The van der Waals surface area contributed by atoms with E-state index >= 15 is 0 Å². The molecule has 0 spiro atoms. The molecule has 0 bridgehead atoms. The standard InChI is InChI=1S/C16H12F3NO4/c1-23-9-3-4-12(11(17)6-9)20-15-10(16(22)24-2)5-8(7-21)13(18)14(15)19/h3-7,20H,1-2H3. The van der Waals surface area contributed by atoms with E-state index in [1.54, 1.807) is 0 Å². The van der Waals surface area contributed by atoms with E-state index in [1.807, 2.05) is 0 Å². The minimum atomic E-state index is -1.50.